The van der Waals surface area contributed by atoms with Crippen molar-refractivity contribution in [2.45, 2.75) is 25.8 Å². The number of carbonyl (C=O) groups is 1. The lowest BCUT2D eigenvalue weighted by molar-refractivity contribution is -0.121. The van der Waals surface area contributed by atoms with Crippen molar-refractivity contribution >= 4 is 11.6 Å². The van der Waals surface area contributed by atoms with Crippen molar-refractivity contribution < 1.29 is 4.79 Å². The van der Waals surface area contributed by atoms with Crippen LogP contribution < -0.4 is 10.2 Å². The van der Waals surface area contributed by atoms with E-state index in [4.69, 9.17) is 6.42 Å². The maximum absolute atomic E-state index is 11.6. The molecule has 0 spiro atoms. The van der Waals surface area contributed by atoms with Gasteiger partial charge in [0.15, 0.2) is 0 Å². The van der Waals surface area contributed by atoms with Crippen molar-refractivity contribution in [1.82, 2.24) is 10.2 Å². The summed E-state index contributed by atoms with van der Waals surface area (Å²) in [5.74, 6) is 2.37. The van der Waals surface area contributed by atoms with E-state index in [1.165, 1.54) is 30.5 Å². The Labute approximate surface area is 133 Å². The minimum absolute atomic E-state index is 0.0367. The lowest BCUT2D eigenvalue weighted by Gasteiger charge is -2.29. The number of carbonyl (C=O) groups excluding carboxylic acids is 1. The monoisotopic (exact) mass is 299 g/mol. The van der Waals surface area contributed by atoms with Gasteiger partial charge in [0.25, 0.3) is 0 Å². The van der Waals surface area contributed by atoms with Crippen LogP contribution in [0.1, 0.15) is 24.8 Å². The van der Waals surface area contributed by atoms with Crippen molar-refractivity contribution in [1.29, 1.82) is 0 Å². The number of anilines is 1. The van der Waals surface area contributed by atoms with Gasteiger partial charge in [0.1, 0.15) is 0 Å². The van der Waals surface area contributed by atoms with E-state index in [-0.39, 0.29) is 12.5 Å². The summed E-state index contributed by atoms with van der Waals surface area (Å²) in [6, 6.07) is 8.68. The Morgan fingerprint density at radius 3 is 2.59 bits per heavy atom. The molecule has 22 heavy (non-hydrogen) atoms. The summed E-state index contributed by atoms with van der Waals surface area (Å²) in [6.07, 6.45) is 9.05. The number of rotatable bonds is 6. The number of amides is 1. The molecule has 0 atom stereocenters. The molecular weight excluding hydrogens is 274 g/mol. The first-order valence-corrected chi connectivity index (χ1v) is 7.91. The fourth-order valence-corrected chi connectivity index (χ4v) is 2.78. The highest BCUT2D eigenvalue weighted by Gasteiger charge is 2.11. The van der Waals surface area contributed by atoms with Crippen molar-refractivity contribution in [2.75, 3.05) is 38.1 Å². The molecule has 1 fully saturated rings. The third-order valence-electron chi connectivity index (χ3n) is 3.91. The smallest absolute Gasteiger partial charge is 0.234 e. The topological polar surface area (TPSA) is 35.6 Å². The van der Waals surface area contributed by atoms with Crippen LogP contribution >= 0.6 is 0 Å². The van der Waals surface area contributed by atoms with E-state index in [2.05, 4.69) is 40.4 Å². The molecule has 0 aliphatic carbocycles. The van der Waals surface area contributed by atoms with Gasteiger partial charge in [-0.25, -0.2) is 0 Å². The summed E-state index contributed by atoms with van der Waals surface area (Å²) in [5, 5.41) is 2.68. The molecule has 0 radical (unpaired) electrons. The Morgan fingerprint density at radius 2 is 1.95 bits per heavy atom. The number of hydrogen-bond donors (Lipinski definition) is 1. The molecule has 1 aliphatic rings. The van der Waals surface area contributed by atoms with Crippen LogP contribution in [0.4, 0.5) is 5.69 Å². The molecule has 1 saturated heterocycles. The first-order chi connectivity index (χ1) is 10.7. The first kappa shape index (κ1) is 16.4. The van der Waals surface area contributed by atoms with Crippen molar-refractivity contribution in [3.8, 4) is 12.3 Å². The van der Waals surface area contributed by atoms with Crippen molar-refractivity contribution in [2.24, 2.45) is 0 Å². The van der Waals surface area contributed by atoms with Gasteiger partial charge in [0, 0.05) is 25.3 Å². The molecule has 0 bridgehead atoms. The van der Waals surface area contributed by atoms with Crippen LogP contribution in [-0.2, 0) is 11.3 Å². The normalized spacial score (nSPS) is 14.7. The van der Waals surface area contributed by atoms with Gasteiger partial charge >= 0.3 is 0 Å². The van der Waals surface area contributed by atoms with E-state index in [0.29, 0.717) is 6.54 Å². The van der Waals surface area contributed by atoms with Crippen LogP contribution in [0, 0.1) is 12.3 Å². The molecule has 0 saturated carbocycles. The Bertz CT molecular complexity index is 512. The van der Waals surface area contributed by atoms with Crippen LogP contribution in [0.5, 0.6) is 0 Å². The van der Waals surface area contributed by atoms with Gasteiger partial charge < -0.3 is 10.2 Å². The quantitative estimate of drug-likeness (QED) is 0.815. The minimum atomic E-state index is -0.0367. The second kappa shape index (κ2) is 8.45. The summed E-state index contributed by atoms with van der Waals surface area (Å²) in [5.41, 5.74) is 2.52. The van der Waals surface area contributed by atoms with Crippen LogP contribution in [0.25, 0.3) is 0 Å². The fourth-order valence-electron chi connectivity index (χ4n) is 2.78. The first-order valence-electron chi connectivity index (χ1n) is 7.91. The summed E-state index contributed by atoms with van der Waals surface area (Å²) in [7, 11) is 1.94. The second-order valence-electron chi connectivity index (χ2n) is 5.87. The zero-order chi connectivity index (χ0) is 15.8. The molecule has 4 nitrogen and oxygen atoms in total. The van der Waals surface area contributed by atoms with Crippen LogP contribution in [-0.4, -0.2) is 44.0 Å². The Kier molecular flexibility index (Phi) is 6.29. The molecule has 1 aromatic rings. The number of nitrogens with one attached hydrogen (secondary N) is 1. The summed E-state index contributed by atoms with van der Waals surface area (Å²) in [4.78, 5) is 16.0. The Morgan fingerprint density at radius 1 is 1.27 bits per heavy atom. The maximum Gasteiger partial charge on any atom is 0.234 e. The zero-order valence-corrected chi connectivity index (χ0v) is 13.3. The lowest BCUT2D eigenvalue weighted by Crippen LogP contribution is -2.35. The molecule has 1 amide bonds. The van der Waals surface area contributed by atoms with Crippen molar-refractivity contribution in [3.05, 3.63) is 29.8 Å². The highest BCUT2D eigenvalue weighted by atomic mass is 16.1. The third-order valence-corrected chi connectivity index (χ3v) is 3.91. The molecule has 118 valence electrons. The highest BCUT2D eigenvalue weighted by Crippen LogP contribution is 2.20. The number of terminal acetylenes is 1. The zero-order valence-electron chi connectivity index (χ0n) is 13.3. The van der Waals surface area contributed by atoms with Crippen LogP contribution in [0.3, 0.4) is 0 Å². The van der Waals surface area contributed by atoms with Gasteiger partial charge in [-0.3, -0.25) is 9.69 Å². The van der Waals surface area contributed by atoms with Gasteiger partial charge in [-0.1, -0.05) is 18.1 Å². The van der Waals surface area contributed by atoms with Gasteiger partial charge in [-0.15, -0.1) is 6.42 Å². The Balaban J connectivity index is 1.82. The average molecular weight is 299 g/mol. The predicted octanol–water partition coefficient (Wildman–Crippen LogP) is 1.86. The third kappa shape index (κ3) is 5.09. The molecule has 1 aliphatic heterocycles. The second-order valence-corrected chi connectivity index (χ2v) is 5.87. The van der Waals surface area contributed by atoms with E-state index in [0.717, 1.165) is 19.6 Å². The van der Waals surface area contributed by atoms with Crippen LogP contribution in [0.2, 0.25) is 0 Å². The molecular formula is C18H25N3O. The summed E-state index contributed by atoms with van der Waals surface area (Å²) in [6.45, 7) is 3.72. The molecule has 0 unspecified atom stereocenters. The van der Waals surface area contributed by atoms with Gasteiger partial charge in [-0.2, -0.15) is 0 Å². The van der Waals surface area contributed by atoms with Crippen LogP contribution in [0.15, 0.2) is 24.3 Å². The van der Waals surface area contributed by atoms with Gasteiger partial charge in [-0.05, 0) is 44.0 Å². The lowest BCUT2D eigenvalue weighted by atomic mass is 10.1. The van der Waals surface area contributed by atoms with E-state index >= 15 is 0 Å². The number of nitrogens with zero attached hydrogens (tertiary/aromatic N) is 2. The average Bonchev–Trinajstić information content (AvgIpc) is 2.54. The van der Waals surface area contributed by atoms with E-state index in [1.807, 2.05) is 11.9 Å². The summed E-state index contributed by atoms with van der Waals surface area (Å²) < 4.78 is 0. The molecule has 1 aromatic carbocycles. The standard InChI is InChI=1S/C18H25N3O/c1-3-11-19-18(22)15-20(2)14-16-7-9-17(10-8-16)21-12-5-4-6-13-21/h1,7-10H,4-6,11-15H2,2H3,(H,19,22). The van der Waals surface area contributed by atoms with E-state index in [1.54, 1.807) is 0 Å². The fraction of sp³-hybridized carbons (Fsp3) is 0.500. The predicted molar refractivity (Wildman–Crippen MR) is 90.7 cm³/mol. The van der Waals surface area contributed by atoms with E-state index < -0.39 is 0 Å². The minimum Gasteiger partial charge on any atom is -0.372 e. The van der Waals surface area contributed by atoms with Gasteiger partial charge in [0.2, 0.25) is 5.91 Å². The molecule has 1 heterocycles. The Hall–Kier alpha value is -1.99. The van der Waals surface area contributed by atoms with Gasteiger partial charge in [0.05, 0.1) is 13.1 Å². The number of benzene rings is 1. The molecule has 1 N–H and O–H groups in total. The molecule has 2 rings (SSSR count). The largest absolute Gasteiger partial charge is 0.372 e. The SMILES string of the molecule is C#CCNC(=O)CN(C)Cc1ccc(N2CCCCC2)cc1. The molecule has 0 aromatic heterocycles. The number of piperidine rings is 1. The molecule has 4 heteroatoms. The summed E-state index contributed by atoms with van der Waals surface area (Å²) >= 11 is 0. The van der Waals surface area contributed by atoms with E-state index in [9.17, 15) is 4.79 Å². The number of hydrogen-bond acceptors (Lipinski definition) is 3. The maximum atomic E-state index is 11.6. The van der Waals surface area contributed by atoms with Crippen molar-refractivity contribution in [3.63, 3.8) is 0 Å². The number of likely N-dealkylation sites (N-methyl/N-ethyl adjacent to an activating group) is 1. The highest BCUT2D eigenvalue weighted by molar-refractivity contribution is 5.78.